The predicted molar refractivity (Wildman–Crippen MR) is 160 cm³/mol. The van der Waals surface area contributed by atoms with Crippen molar-refractivity contribution in [2.75, 3.05) is 33.4 Å². The number of aliphatic carboxylic acids is 1. The second-order valence-corrected chi connectivity index (χ2v) is 9.90. The zero-order valence-electron chi connectivity index (χ0n) is 23.8. The fourth-order valence-corrected chi connectivity index (χ4v) is 4.31. The number of furan rings is 1. The molecular formula is C34H35NO6. The molecule has 41 heavy (non-hydrogen) atoms. The molecule has 0 radical (unpaired) electrons. The van der Waals surface area contributed by atoms with Gasteiger partial charge in [-0.05, 0) is 105 Å². The number of carboxylic acid groups (broad SMARTS) is 1. The second kappa shape index (κ2) is 13.7. The van der Waals surface area contributed by atoms with E-state index in [1.54, 1.807) is 12.1 Å². The van der Waals surface area contributed by atoms with E-state index in [9.17, 15) is 4.79 Å². The average molecular weight is 554 g/mol. The first-order valence-corrected chi connectivity index (χ1v) is 13.5. The topological polar surface area (TPSA) is 92.4 Å². The Morgan fingerprint density at radius 2 is 1.80 bits per heavy atom. The van der Waals surface area contributed by atoms with E-state index < -0.39 is 12.1 Å². The van der Waals surface area contributed by atoms with E-state index in [0.29, 0.717) is 31.2 Å². The predicted octanol–water partition coefficient (Wildman–Crippen LogP) is 5.69. The van der Waals surface area contributed by atoms with E-state index in [4.69, 9.17) is 24.1 Å². The summed E-state index contributed by atoms with van der Waals surface area (Å²) in [5.41, 5.74) is 5.62. The van der Waals surface area contributed by atoms with Crippen LogP contribution >= 0.6 is 0 Å². The van der Waals surface area contributed by atoms with E-state index in [-0.39, 0.29) is 6.61 Å². The number of aliphatic hydroxyl groups excluding tert-OH is 1. The third kappa shape index (κ3) is 8.01. The summed E-state index contributed by atoms with van der Waals surface area (Å²) < 4.78 is 17.4. The van der Waals surface area contributed by atoms with Gasteiger partial charge in [-0.25, -0.2) is 4.79 Å². The first-order chi connectivity index (χ1) is 19.7. The minimum absolute atomic E-state index is 0.112. The highest BCUT2D eigenvalue weighted by Gasteiger charge is 2.14. The maximum atomic E-state index is 11.1. The molecule has 0 aliphatic carbocycles. The van der Waals surface area contributed by atoms with Crippen molar-refractivity contribution >= 4 is 22.5 Å². The number of carboxylic acids is 1. The molecule has 0 spiro atoms. The Kier molecular flexibility index (Phi) is 9.86. The van der Waals surface area contributed by atoms with Crippen LogP contribution in [0.5, 0.6) is 11.5 Å². The van der Waals surface area contributed by atoms with Gasteiger partial charge in [-0.2, -0.15) is 0 Å². The van der Waals surface area contributed by atoms with Gasteiger partial charge in [0.15, 0.2) is 6.10 Å². The fraction of sp³-hybridized carbons (Fsp3) is 0.265. The molecule has 0 bridgehead atoms. The largest absolute Gasteiger partial charge is 0.489 e. The molecule has 0 fully saturated rings. The third-order valence-corrected chi connectivity index (χ3v) is 6.55. The average Bonchev–Trinajstić information content (AvgIpc) is 3.32. The molecule has 0 amide bonds. The molecule has 2 N–H and O–H groups in total. The fourth-order valence-electron chi connectivity index (χ4n) is 4.31. The number of fused-ring (bicyclic) bond motifs is 1. The molecular weight excluding hydrogens is 518 g/mol. The van der Waals surface area contributed by atoms with Crippen LogP contribution in [0.15, 0.2) is 77.2 Å². The van der Waals surface area contributed by atoms with Gasteiger partial charge in [-0.15, -0.1) is 0 Å². The van der Waals surface area contributed by atoms with Crippen LogP contribution in [0.2, 0.25) is 0 Å². The zero-order chi connectivity index (χ0) is 29.4. The van der Waals surface area contributed by atoms with E-state index in [1.807, 2.05) is 68.3 Å². The lowest BCUT2D eigenvalue weighted by atomic mass is 9.96. The van der Waals surface area contributed by atoms with Gasteiger partial charge in [0.25, 0.3) is 0 Å². The van der Waals surface area contributed by atoms with E-state index >= 15 is 0 Å². The van der Waals surface area contributed by atoms with Gasteiger partial charge in [0.05, 0.1) is 13.2 Å². The zero-order valence-corrected chi connectivity index (χ0v) is 23.8. The number of hydrogen-bond donors (Lipinski definition) is 2. The Bertz CT molecular complexity index is 1590. The van der Waals surface area contributed by atoms with Crippen LogP contribution in [-0.4, -0.2) is 60.5 Å². The molecule has 0 aliphatic heterocycles. The number of hydrogen-bond acceptors (Lipinski definition) is 6. The van der Waals surface area contributed by atoms with Crippen LogP contribution in [0.25, 0.3) is 16.5 Å². The molecule has 0 saturated carbocycles. The number of nitrogens with zero attached hydrogens (tertiary/aromatic N) is 1. The highest BCUT2D eigenvalue weighted by molar-refractivity contribution is 5.87. The van der Waals surface area contributed by atoms with Gasteiger partial charge in [0.2, 0.25) is 0 Å². The Hall–Kier alpha value is -4.51. The van der Waals surface area contributed by atoms with Crippen molar-refractivity contribution in [2.24, 2.45) is 0 Å². The van der Waals surface area contributed by atoms with E-state index in [1.165, 1.54) is 6.92 Å². The number of ether oxygens (including phenoxy) is 2. The molecule has 1 atom stereocenters. The SMILES string of the molecule is Cc1cc2cc(/C(=C/COc3ccc(OC(C)C(=O)O)c(C)c3)c3ccc(C#CCN(C)CCO)cc3)ccc2o1. The van der Waals surface area contributed by atoms with Crippen molar-refractivity contribution in [3.8, 4) is 23.3 Å². The summed E-state index contributed by atoms with van der Waals surface area (Å²) in [4.78, 5) is 13.1. The maximum absolute atomic E-state index is 11.1. The van der Waals surface area contributed by atoms with Crippen LogP contribution < -0.4 is 9.47 Å². The van der Waals surface area contributed by atoms with Crippen LogP contribution in [0, 0.1) is 25.7 Å². The first-order valence-electron chi connectivity index (χ1n) is 13.5. The normalized spacial score (nSPS) is 12.2. The number of aryl methyl sites for hydroxylation is 2. The molecule has 1 unspecified atom stereocenters. The van der Waals surface area contributed by atoms with Gasteiger partial charge < -0.3 is 24.1 Å². The molecule has 4 rings (SSSR count). The van der Waals surface area contributed by atoms with Crippen molar-refractivity contribution in [2.45, 2.75) is 26.9 Å². The minimum atomic E-state index is -1.02. The van der Waals surface area contributed by atoms with Gasteiger partial charge in [-0.1, -0.05) is 30.0 Å². The minimum Gasteiger partial charge on any atom is -0.489 e. The van der Waals surface area contributed by atoms with E-state index in [0.717, 1.165) is 44.6 Å². The molecule has 3 aromatic carbocycles. The lowest BCUT2D eigenvalue weighted by molar-refractivity contribution is -0.144. The van der Waals surface area contributed by atoms with Gasteiger partial charge >= 0.3 is 5.97 Å². The molecule has 212 valence electrons. The highest BCUT2D eigenvalue weighted by Crippen LogP contribution is 2.29. The second-order valence-electron chi connectivity index (χ2n) is 9.90. The van der Waals surface area contributed by atoms with Crippen molar-refractivity contribution in [3.63, 3.8) is 0 Å². The first kappa shape index (κ1) is 29.5. The Labute approximate surface area is 240 Å². The number of benzene rings is 3. The summed E-state index contributed by atoms with van der Waals surface area (Å²) in [6.07, 6.45) is 1.11. The number of carbonyl (C=O) groups is 1. The highest BCUT2D eigenvalue weighted by atomic mass is 16.5. The Morgan fingerprint density at radius 1 is 1.05 bits per heavy atom. The van der Waals surface area contributed by atoms with Crippen LogP contribution in [0.4, 0.5) is 0 Å². The van der Waals surface area contributed by atoms with Crippen LogP contribution in [-0.2, 0) is 4.79 Å². The molecule has 0 saturated heterocycles. The van der Waals surface area contributed by atoms with Crippen molar-refractivity contribution < 1.29 is 28.9 Å². The number of aliphatic hydroxyl groups is 1. The van der Waals surface area contributed by atoms with Crippen molar-refractivity contribution in [1.29, 1.82) is 0 Å². The monoisotopic (exact) mass is 553 g/mol. The molecule has 1 aromatic heterocycles. The molecule has 0 aliphatic rings. The van der Waals surface area contributed by atoms with Gasteiger partial charge in [0.1, 0.15) is 29.4 Å². The summed E-state index contributed by atoms with van der Waals surface area (Å²) >= 11 is 0. The molecule has 7 heteroatoms. The summed E-state index contributed by atoms with van der Waals surface area (Å²) in [7, 11) is 1.93. The van der Waals surface area contributed by atoms with Crippen molar-refractivity contribution in [3.05, 3.63) is 101 Å². The summed E-state index contributed by atoms with van der Waals surface area (Å²) in [6.45, 7) is 6.90. The smallest absolute Gasteiger partial charge is 0.344 e. The van der Waals surface area contributed by atoms with Gasteiger partial charge in [0, 0.05) is 17.5 Å². The molecule has 4 aromatic rings. The lowest BCUT2D eigenvalue weighted by Gasteiger charge is -2.14. The van der Waals surface area contributed by atoms with Crippen LogP contribution in [0.1, 0.15) is 34.9 Å². The van der Waals surface area contributed by atoms with Crippen molar-refractivity contribution in [1.82, 2.24) is 4.90 Å². The third-order valence-electron chi connectivity index (χ3n) is 6.55. The summed E-state index contributed by atoms with van der Waals surface area (Å²) in [5.74, 6) is 7.35. The van der Waals surface area contributed by atoms with Crippen LogP contribution in [0.3, 0.4) is 0 Å². The Morgan fingerprint density at radius 3 is 2.51 bits per heavy atom. The standard InChI is InChI=1S/C34H35NO6/c1-23-20-30(12-14-32(23)41-25(3)34(37)38)39-19-15-31(28-11-13-33-29(22-28)21-24(2)40-33)27-9-7-26(8-10-27)6-5-16-35(4)17-18-36/h7-15,20-22,25,36H,16-19H2,1-4H3,(H,37,38)/b31-15+. The lowest BCUT2D eigenvalue weighted by Crippen LogP contribution is -2.23. The summed E-state index contributed by atoms with van der Waals surface area (Å²) in [6, 6.07) is 21.6. The number of rotatable bonds is 11. The summed E-state index contributed by atoms with van der Waals surface area (Å²) in [5, 5.41) is 19.2. The number of likely N-dealkylation sites (N-methyl/N-ethyl adjacent to an activating group) is 1. The van der Waals surface area contributed by atoms with Gasteiger partial charge in [-0.3, -0.25) is 4.90 Å². The maximum Gasteiger partial charge on any atom is 0.344 e. The van der Waals surface area contributed by atoms with E-state index in [2.05, 4.69) is 30.0 Å². The molecule has 7 nitrogen and oxygen atoms in total. The molecule has 1 heterocycles. The quantitative estimate of drug-likeness (QED) is 0.231. The Balaban J connectivity index is 1.56.